The number of benzene rings is 5. The van der Waals surface area contributed by atoms with Crippen molar-refractivity contribution in [1.29, 1.82) is 0 Å². The van der Waals surface area contributed by atoms with Gasteiger partial charge < -0.3 is 4.42 Å². The predicted molar refractivity (Wildman–Crippen MR) is 163 cm³/mol. The number of nitrogens with zero attached hydrogens (tertiary/aromatic N) is 2. The Kier molecular flexibility index (Phi) is 4.86. The molecule has 40 heavy (non-hydrogen) atoms. The Bertz CT molecular complexity index is 2010. The van der Waals surface area contributed by atoms with E-state index in [1.807, 2.05) is 48.5 Å². The van der Waals surface area contributed by atoms with Gasteiger partial charge in [0, 0.05) is 32.9 Å². The summed E-state index contributed by atoms with van der Waals surface area (Å²) in [5.74, 6) is 0.731. The monoisotopic (exact) mass is 514 g/mol. The largest absolute Gasteiger partial charge is 0.456 e. The van der Waals surface area contributed by atoms with Crippen LogP contribution in [0.1, 0.15) is 25.0 Å². The second kappa shape index (κ2) is 8.49. The first-order valence-electron chi connectivity index (χ1n) is 13.7. The molecule has 0 atom stereocenters. The summed E-state index contributed by atoms with van der Waals surface area (Å²) >= 11 is 0. The summed E-state index contributed by atoms with van der Waals surface area (Å²) in [6, 6.07) is 42.3. The van der Waals surface area contributed by atoms with Gasteiger partial charge in [0.15, 0.2) is 5.82 Å². The van der Waals surface area contributed by atoms with E-state index < -0.39 is 0 Å². The highest BCUT2D eigenvalue weighted by Crippen LogP contribution is 2.51. The summed E-state index contributed by atoms with van der Waals surface area (Å²) in [4.78, 5) is 10.1. The molecule has 2 aromatic heterocycles. The van der Waals surface area contributed by atoms with Crippen LogP contribution in [0.5, 0.6) is 0 Å². The van der Waals surface area contributed by atoms with Gasteiger partial charge >= 0.3 is 0 Å². The van der Waals surface area contributed by atoms with Crippen LogP contribution in [-0.2, 0) is 5.41 Å². The molecule has 0 radical (unpaired) electrons. The van der Waals surface area contributed by atoms with Gasteiger partial charge in [-0.3, -0.25) is 0 Å². The van der Waals surface area contributed by atoms with E-state index in [4.69, 9.17) is 14.4 Å². The minimum Gasteiger partial charge on any atom is -0.456 e. The fourth-order valence-electron chi connectivity index (χ4n) is 6.18. The molecule has 0 fully saturated rings. The molecule has 0 saturated heterocycles. The van der Waals surface area contributed by atoms with E-state index in [0.29, 0.717) is 0 Å². The van der Waals surface area contributed by atoms with Crippen LogP contribution in [0.4, 0.5) is 0 Å². The maximum Gasteiger partial charge on any atom is 0.160 e. The van der Waals surface area contributed by atoms with Gasteiger partial charge in [0.1, 0.15) is 11.2 Å². The van der Waals surface area contributed by atoms with Crippen molar-refractivity contribution in [2.24, 2.45) is 0 Å². The quantitative estimate of drug-likeness (QED) is 0.236. The molecule has 7 aromatic rings. The highest BCUT2D eigenvalue weighted by molar-refractivity contribution is 6.07. The van der Waals surface area contributed by atoms with E-state index in [1.54, 1.807) is 0 Å². The molecule has 0 saturated carbocycles. The summed E-state index contributed by atoms with van der Waals surface area (Å²) in [5.41, 5.74) is 11.8. The molecule has 1 aliphatic rings. The Morgan fingerprint density at radius 2 is 1.12 bits per heavy atom. The average molecular weight is 515 g/mol. The first-order valence-corrected chi connectivity index (χ1v) is 13.7. The number of furan rings is 1. The van der Waals surface area contributed by atoms with E-state index in [2.05, 4.69) is 86.6 Å². The third-order valence-electron chi connectivity index (χ3n) is 8.30. The molecule has 0 aliphatic heterocycles. The smallest absolute Gasteiger partial charge is 0.160 e. The summed E-state index contributed by atoms with van der Waals surface area (Å²) < 4.78 is 6.25. The Hall–Kier alpha value is -5.02. The fourth-order valence-corrected chi connectivity index (χ4v) is 6.18. The molecule has 2 heterocycles. The molecular formula is C37H26N2O. The number of hydrogen-bond acceptors (Lipinski definition) is 3. The zero-order chi connectivity index (χ0) is 26.8. The zero-order valence-corrected chi connectivity index (χ0v) is 22.3. The molecule has 0 spiro atoms. The normalized spacial score (nSPS) is 13.4. The molecule has 0 unspecified atom stereocenters. The Morgan fingerprint density at radius 1 is 0.500 bits per heavy atom. The first-order chi connectivity index (χ1) is 19.6. The maximum atomic E-state index is 6.25. The van der Waals surface area contributed by atoms with E-state index in [0.717, 1.165) is 55.8 Å². The van der Waals surface area contributed by atoms with Gasteiger partial charge in [-0.1, -0.05) is 105 Å². The Morgan fingerprint density at radius 3 is 1.82 bits per heavy atom. The first kappa shape index (κ1) is 22.9. The number of hydrogen-bond donors (Lipinski definition) is 0. The van der Waals surface area contributed by atoms with Gasteiger partial charge in [0.2, 0.25) is 0 Å². The van der Waals surface area contributed by atoms with Crippen LogP contribution in [0.15, 0.2) is 126 Å². The van der Waals surface area contributed by atoms with Crippen LogP contribution in [0.3, 0.4) is 0 Å². The number of rotatable bonds is 3. The van der Waals surface area contributed by atoms with Crippen LogP contribution >= 0.6 is 0 Å². The SMILES string of the molecule is CC1(C)c2cc(-c3nc(-c4ccccc4)cc(-c4ccccc4)n3)ccc2-c2cc3c(cc21)oc1ccccc13. The van der Waals surface area contributed by atoms with E-state index in [9.17, 15) is 0 Å². The van der Waals surface area contributed by atoms with Gasteiger partial charge in [-0.2, -0.15) is 0 Å². The topological polar surface area (TPSA) is 38.9 Å². The van der Waals surface area contributed by atoms with Crippen LogP contribution < -0.4 is 0 Å². The molecule has 3 heteroatoms. The third kappa shape index (κ3) is 3.44. The minimum absolute atomic E-state index is 0.187. The number of aromatic nitrogens is 2. The summed E-state index contributed by atoms with van der Waals surface area (Å²) in [6.45, 7) is 4.60. The molecule has 8 rings (SSSR count). The molecule has 5 aromatic carbocycles. The lowest BCUT2D eigenvalue weighted by Gasteiger charge is -2.22. The molecule has 1 aliphatic carbocycles. The summed E-state index contributed by atoms with van der Waals surface area (Å²) in [5, 5.41) is 2.32. The van der Waals surface area contributed by atoms with Crippen molar-refractivity contribution < 1.29 is 4.42 Å². The van der Waals surface area contributed by atoms with E-state index >= 15 is 0 Å². The predicted octanol–water partition coefficient (Wildman–Crippen LogP) is 9.68. The third-order valence-corrected chi connectivity index (χ3v) is 8.30. The van der Waals surface area contributed by atoms with Crippen molar-refractivity contribution >= 4 is 21.9 Å². The van der Waals surface area contributed by atoms with Crippen molar-refractivity contribution in [3.05, 3.63) is 132 Å². The lowest BCUT2D eigenvalue weighted by molar-refractivity contribution is 0.647. The van der Waals surface area contributed by atoms with Gasteiger partial charge in [0.05, 0.1) is 11.4 Å². The highest BCUT2D eigenvalue weighted by Gasteiger charge is 2.36. The summed E-state index contributed by atoms with van der Waals surface area (Å²) in [7, 11) is 0. The number of para-hydroxylation sites is 1. The van der Waals surface area contributed by atoms with Gasteiger partial charge in [0.25, 0.3) is 0 Å². The molecule has 0 amide bonds. The van der Waals surface area contributed by atoms with E-state index in [-0.39, 0.29) is 5.41 Å². The minimum atomic E-state index is -0.187. The van der Waals surface area contributed by atoms with Gasteiger partial charge in [-0.05, 0) is 52.6 Å². The van der Waals surface area contributed by atoms with Crippen molar-refractivity contribution in [3.63, 3.8) is 0 Å². The van der Waals surface area contributed by atoms with E-state index in [1.165, 1.54) is 22.3 Å². The molecule has 190 valence electrons. The molecule has 3 nitrogen and oxygen atoms in total. The van der Waals surface area contributed by atoms with Crippen LogP contribution in [0, 0.1) is 0 Å². The lowest BCUT2D eigenvalue weighted by Crippen LogP contribution is -2.15. The molecule has 0 N–H and O–H groups in total. The van der Waals surface area contributed by atoms with Crippen LogP contribution in [0.2, 0.25) is 0 Å². The number of fused-ring (bicyclic) bond motifs is 6. The second-order valence-electron chi connectivity index (χ2n) is 11.1. The van der Waals surface area contributed by atoms with Crippen molar-refractivity contribution in [2.45, 2.75) is 19.3 Å². The highest BCUT2D eigenvalue weighted by atomic mass is 16.3. The van der Waals surface area contributed by atoms with Crippen molar-refractivity contribution in [3.8, 4) is 45.0 Å². The maximum absolute atomic E-state index is 6.25. The van der Waals surface area contributed by atoms with Crippen molar-refractivity contribution in [1.82, 2.24) is 9.97 Å². The zero-order valence-electron chi connectivity index (χ0n) is 22.3. The fraction of sp³-hybridized carbons (Fsp3) is 0.0811. The molecule has 0 bridgehead atoms. The standard InChI is InChI=1S/C37H26N2O/c1-37(2)30-19-25(17-18-26(30)28-20-29-27-15-9-10-16-34(27)40-35(29)21-31(28)37)36-38-32(23-11-5-3-6-12-23)22-33(39-36)24-13-7-4-8-14-24/h3-22H,1-2H3. The van der Waals surface area contributed by atoms with Crippen molar-refractivity contribution in [2.75, 3.05) is 0 Å². The van der Waals surface area contributed by atoms with Gasteiger partial charge in [-0.15, -0.1) is 0 Å². The molecular weight excluding hydrogens is 488 g/mol. The van der Waals surface area contributed by atoms with Crippen LogP contribution in [-0.4, -0.2) is 9.97 Å². The average Bonchev–Trinajstić information content (AvgIpc) is 3.48. The summed E-state index contributed by atoms with van der Waals surface area (Å²) in [6.07, 6.45) is 0. The lowest BCUT2D eigenvalue weighted by atomic mass is 9.81. The Labute approximate surface area is 232 Å². The second-order valence-corrected chi connectivity index (χ2v) is 11.1. The Balaban J connectivity index is 1.31. The van der Waals surface area contributed by atoms with Gasteiger partial charge in [-0.25, -0.2) is 9.97 Å². The van der Waals surface area contributed by atoms with Crippen LogP contribution in [0.25, 0.3) is 67.0 Å².